The average Bonchev–Trinajstić information content (AvgIpc) is 2.47. The summed E-state index contributed by atoms with van der Waals surface area (Å²) in [5.74, 6) is 0. The number of hydrogen-bond acceptors (Lipinski definition) is 2. The summed E-state index contributed by atoms with van der Waals surface area (Å²) >= 11 is 6.48. The molecule has 3 heteroatoms. The summed E-state index contributed by atoms with van der Waals surface area (Å²) in [6, 6.07) is 7.49. The van der Waals surface area contributed by atoms with E-state index in [1.165, 1.54) is 43.4 Å². The first-order valence-corrected chi connectivity index (χ1v) is 8.27. The smallest absolute Gasteiger partial charge is 0.0474 e. The first-order valence-electron chi connectivity index (χ1n) is 7.89. The molecule has 0 heterocycles. The summed E-state index contributed by atoms with van der Waals surface area (Å²) in [6.45, 7) is 5.24. The van der Waals surface area contributed by atoms with Crippen molar-refractivity contribution in [2.45, 2.75) is 58.0 Å². The average molecular weight is 295 g/mol. The molecule has 2 rings (SSSR count). The highest BCUT2D eigenvalue weighted by Gasteiger charge is 2.19. The van der Waals surface area contributed by atoms with Gasteiger partial charge in [-0.3, -0.25) is 0 Å². The third kappa shape index (κ3) is 3.67. The van der Waals surface area contributed by atoms with Crippen molar-refractivity contribution >= 4 is 17.3 Å². The van der Waals surface area contributed by atoms with Gasteiger partial charge >= 0.3 is 0 Å². The van der Waals surface area contributed by atoms with E-state index in [0.717, 1.165) is 11.6 Å². The summed E-state index contributed by atoms with van der Waals surface area (Å²) < 4.78 is 0. The van der Waals surface area contributed by atoms with Crippen LogP contribution in [0.4, 0.5) is 5.69 Å². The first-order chi connectivity index (χ1) is 9.63. The van der Waals surface area contributed by atoms with E-state index in [9.17, 15) is 0 Å². The Balaban J connectivity index is 2.11. The monoisotopic (exact) mass is 294 g/mol. The molecule has 1 aliphatic carbocycles. The number of benzene rings is 1. The topological polar surface area (TPSA) is 15.3 Å². The highest BCUT2D eigenvalue weighted by atomic mass is 35.5. The van der Waals surface area contributed by atoms with Crippen molar-refractivity contribution in [3.05, 3.63) is 28.8 Å². The van der Waals surface area contributed by atoms with Crippen LogP contribution in [-0.4, -0.2) is 19.6 Å². The van der Waals surface area contributed by atoms with Crippen molar-refractivity contribution in [3.8, 4) is 0 Å². The Morgan fingerprint density at radius 2 is 2.00 bits per heavy atom. The maximum absolute atomic E-state index is 6.48. The Labute approximate surface area is 128 Å². The van der Waals surface area contributed by atoms with Crippen molar-refractivity contribution in [1.29, 1.82) is 0 Å². The lowest BCUT2D eigenvalue weighted by Gasteiger charge is -2.33. The van der Waals surface area contributed by atoms with Crippen LogP contribution in [-0.2, 0) is 0 Å². The van der Waals surface area contributed by atoms with Crippen LogP contribution in [0.5, 0.6) is 0 Å². The minimum absolute atomic E-state index is 0.307. The van der Waals surface area contributed by atoms with Gasteiger partial charge in [-0.05, 0) is 44.0 Å². The van der Waals surface area contributed by atoms with Crippen LogP contribution in [0.15, 0.2) is 18.2 Å². The predicted octanol–water partition coefficient (Wildman–Crippen LogP) is 4.78. The number of anilines is 1. The Morgan fingerprint density at radius 3 is 2.60 bits per heavy atom. The number of halogens is 1. The normalized spacial score (nSPS) is 18.0. The fraction of sp³-hybridized carbons (Fsp3) is 0.647. The molecule has 0 amide bonds. The van der Waals surface area contributed by atoms with Crippen LogP contribution >= 0.6 is 11.6 Å². The summed E-state index contributed by atoms with van der Waals surface area (Å²) in [5.41, 5.74) is 2.43. The number of hydrogen-bond donors (Lipinski definition) is 1. The Bertz CT molecular complexity index is 427. The van der Waals surface area contributed by atoms with Crippen molar-refractivity contribution in [1.82, 2.24) is 5.32 Å². The van der Waals surface area contributed by atoms with Crippen molar-refractivity contribution in [2.75, 3.05) is 18.5 Å². The lowest BCUT2D eigenvalue weighted by molar-refractivity contribution is 0.427. The lowest BCUT2D eigenvalue weighted by atomic mass is 9.94. The molecular weight excluding hydrogens is 268 g/mol. The molecule has 2 nitrogen and oxygen atoms in total. The molecule has 1 atom stereocenters. The van der Waals surface area contributed by atoms with Gasteiger partial charge in [0.1, 0.15) is 0 Å². The zero-order valence-electron chi connectivity index (χ0n) is 13.0. The molecule has 1 N–H and O–H groups in total. The van der Waals surface area contributed by atoms with E-state index in [4.69, 9.17) is 11.6 Å². The van der Waals surface area contributed by atoms with E-state index in [1.807, 2.05) is 0 Å². The van der Waals surface area contributed by atoms with Gasteiger partial charge in [-0.1, -0.05) is 43.9 Å². The van der Waals surface area contributed by atoms with Crippen molar-refractivity contribution < 1.29 is 0 Å². The summed E-state index contributed by atoms with van der Waals surface area (Å²) in [7, 11) is 2.20. The third-order valence-corrected chi connectivity index (χ3v) is 4.82. The first kappa shape index (κ1) is 15.7. The molecule has 0 radical (unpaired) electrons. The van der Waals surface area contributed by atoms with E-state index in [-0.39, 0.29) is 0 Å². The van der Waals surface area contributed by atoms with Gasteiger partial charge in [-0.2, -0.15) is 0 Å². The maximum atomic E-state index is 6.48. The molecule has 1 unspecified atom stereocenters. The number of rotatable bonds is 5. The van der Waals surface area contributed by atoms with Gasteiger partial charge in [0.2, 0.25) is 0 Å². The minimum atomic E-state index is 0.307. The fourth-order valence-corrected chi connectivity index (χ4v) is 3.52. The molecule has 0 spiro atoms. The van der Waals surface area contributed by atoms with E-state index < -0.39 is 0 Å². The van der Waals surface area contributed by atoms with Gasteiger partial charge in [0.15, 0.2) is 0 Å². The standard InChI is InChI=1S/C17H27ClN2/c1-4-19-13(2)16-11-10-15(12-17(16)18)20(3)14-8-6-5-7-9-14/h10-14,19H,4-9H2,1-3H3. The Morgan fingerprint density at radius 1 is 1.30 bits per heavy atom. The highest BCUT2D eigenvalue weighted by molar-refractivity contribution is 6.31. The Kier molecular flexibility index (Phi) is 5.74. The number of nitrogens with one attached hydrogen (secondary N) is 1. The molecular formula is C17H27ClN2. The summed E-state index contributed by atoms with van der Waals surface area (Å²) in [6.07, 6.45) is 6.73. The van der Waals surface area contributed by atoms with Gasteiger partial charge in [0, 0.05) is 29.8 Å². The predicted molar refractivity (Wildman–Crippen MR) is 88.8 cm³/mol. The molecule has 1 aromatic carbocycles. The lowest BCUT2D eigenvalue weighted by Crippen LogP contribution is -2.33. The Hall–Kier alpha value is -0.730. The summed E-state index contributed by atoms with van der Waals surface area (Å²) in [4.78, 5) is 2.41. The molecule has 1 fully saturated rings. The minimum Gasteiger partial charge on any atom is -0.372 e. The summed E-state index contributed by atoms with van der Waals surface area (Å²) in [5, 5.41) is 4.29. The second-order valence-corrected chi connectivity index (χ2v) is 6.30. The van der Waals surface area contributed by atoms with Crippen molar-refractivity contribution in [2.24, 2.45) is 0 Å². The van der Waals surface area contributed by atoms with Gasteiger partial charge in [0.25, 0.3) is 0 Å². The quantitative estimate of drug-likeness (QED) is 0.841. The number of nitrogens with zero attached hydrogens (tertiary/aromatic N) is 1. The maximum Gasteiger partial charge on any atom is 0.0474 e. The zero-order chi connectivity index (χ0) is 14.5. The van der Waals surface area contributed by atoms with Gasteiger partial charge in [-0.15, -0.1) is 0 Å². The molecule has 0 aliphatic heterocycles. The molecule has 0 saturated heterocycles. The van der Waals surface area contributed by atoms with Crippen LogP contribution in [0.1, 0.15) is 57.6 Å². The van der Waals surface area contributed by atoms with Crippen LogP contribution < -0.4 is 10.2 Å². The fourth-order valence-electron chi connectivity index (χ4n) is 3.18. The molecule has 0 aromatic heterocycles. The van der Waals surface area contributed by atoms with E-state index in [0.29, 0.717) is 12.1 Å². The van der Waals surface area contributed by atoms with Gasteiger partial charge in [0.05, 0.1) is 0 Å². The van der Waals surface area contributed by atoms with Crippen LogP contribution in [0.2, 0.25) is 5.02 Å². The van der Waals surface area contributed by atoms with Crippen LogP contribution in [0.25, 0.3) is 0 Å². The SMILES string of the molecule is CCNC(C)c1ccc(N(C)C2CCCCC2)cc1Cl. The van der Waals surface area contributed by atoms with Crippen LogP contribution in [0.3, 0.4) is 0 Å². The molecule has 1 aliphatic rings. The zero-order valence-corrected chi connectivity index (χ0v) is 13.7. The van der Waals surface area contributed by atoms with Gasteiger partial charge < -0.3 is 10.2 Å². The molecule has 0 bridgehead atoms. The van der Waals surface area contributed by atoms with E-state index in [2.05, 4.69) is 49.3 Å². The highest BCUT2D eigenvalue weighted by Crippen LogP contribution is 2.31. The molecule has 112 valence electrons. The molecule has 1 aromatic rings. The second kappa shape index (κ2) is 7.33. The van der Waals surface area contributed by atoms with Crippen molar-refractivity contribution in [3.63, 3.8) is 0 Å². The largest absolute Gasteiger partial charge is 0.372 e. The molecule has 20 heavy (non-hydrogen) atoms. The molecule has 1 saturated carbocycles. The van der Waals surface area contributed by atoms with E-state index in [1.54, 1.807) is 0 Å². The van der Waals surface area contributed by atoms with Gasteiger partial charge in [-0.25, -0.2) is 0 Å². The second-order valence-electron chi connectivity index (χ2n) is 5.89. The van der Waals surface area contributed by atoms with Crippen LogP contribution in [0, 0.1) is 0 Å². The van der Waals surface area contributed by atoms with E-state index >= 15 is 0 Å². The third-order valence-electron chi connectivity index (χ3n) is 4.49.